The van der Waals surface area contributed by atoms with E-state index in [0.29, 0.717) is 5.25 Å². The second-order valence-corrected chi connectivity index (χ2v) is 7.66. The van der Waals surface area contributed by atoms with Crippen LogP contribution in [0.2, 0.25) is 0 Å². The monoisotopic (exact) mass is 328 g/mol. The predicted octanol–water partition coefficient (Wildman–Crippen LogP) is 5.54. The Balaban J connectivity index is 1.62. The molecule has 3 heteroatoms. The standard InChI is InChI=1S/C21H16N2S/c1-13-19-20(23-9-8-22-19)21(24-13)17-7-6-16-10-14-4-2-3-5-15(14)11-18(16)12-17/h2-12,20-21H,1H3. The molecule has 3 aromatic rings. The van der Waals surface area contributed by atoms with Crippen molar-refractivity contribution in [2.24, 2.45) is 9.98 Å². The van der Waals surface area contributed by atoms with Crippen molar-refractivity contribution in [3.8, 4) is 0 Å². The topological polar surface area (TPSA) is 24.7 Å². The Morgan fingerprint density at radius 2 is 1.58 bits per heavy atom. The van der Waals surface area contributed by atoms with E-state index in [1.807, 2.05) is 18.0 Å². The molecule has 5 rings (SSSR count). The van der Waals surface area contributed by atoms with Gasteiger partial charge in [-0.25, -0.2) is 0 Å². The van der Waals surface area contributed by atoms with E-state index in [9.17, 15) is 0 Å². The van der Waals surface area contributed by atoms with Crippen LogP contribution in [0.3, 0.4) is 0 Å². The Kier molecular flexibility index (Phi) is 3.10. The van der Waals surface area contributed by atoms with Gasteiger partial charge in [-0.2, -0.15) is 0 Å². The molecule has 0 saturated heterocycles. The molecule has 2 heterocycles. The first-order valence-electron chi connectivity index (χ1n) is 8.15. The van der Waals surface area contributed by atoms with Crippen LogP contribution in [0.1, 0.15) is 17.7 Å². The van der Waals surface area contributed by atoms with E-state index in [1.54, 1.807) is 6.21 Å². The van der Waals surface area contributed by atoms with E-state index >= 15 is 0 Å². The first kappa shape index (κ1) is 14.0. The fraction of sp³-hybridized carbons (Fsp3) is 0.143. The van der Waals surface area contributed by atoms with Crippen molar-refractivity contribution in [2.45, 2.75) is 18.2 Å². The zero-order chi connectivity index (χ0) is 16.1. The quantitative estimate of drug-likeness (QED) is 0.539. The maximum Gasteiger partial charge on any atom is 0.109 e. The van der Waals surface area contributed by atoms with Gasteiger partial charge in [0.05, 0.1) is 10.9 Å². The van der Waals surface area contributed by atoms with E-state index in [2.05, 4.69) is 71.5 Å². The SMILES string of the molecule is CC1=C2N=CC=NC2C(c2ccc3cc4ccccc4cc3c2)S1. The van der Waals surface area contributed by atoms with Crippen molar-refractivity contribution in [1.29, 1.82) is 0 Å². The number of hydrogen-bond acceptors (Lipinski definition) is 3. The molecule has 2 unspecified atom stereocenters. The number of fused-ring (bicyclic) bond motifs is 3. The summed E-state index contributed by atoms with van der Waals surface area (Å²) in [6.07, 6.45) is 3.62. The van der Waals surface area contributed by atoms with Gasteiger partial charge in [-0.1, -0.05) is 36.4 Å². The largest absolute Gasteiger partial charge is 0.280 e. The second kappa shape index (κ2) is 5.32. The van der Waals surface area contributed by atoms with Crippen LogP contribution in [-0.2, 0) is 0 Å². The van der Waals surface area contributed by atoms with Gasteiger partial charge in [0.25, 0.3) is 0 Å². The third kappa shape index (κ3) is 2.12. The van der Waals surface area contributed by atoms with Crippen LogP contribution in [0, 0.1) is 0 Å². The molecule has 2 nitrogen and oxygen atoms in total. The van der Waals surface area contributed by atoms with Crippen molar-refractivity contribution in [3.63, 3.8) is 0 Å². The first-order valence-corrected chi connectivity index (χ1v) is 9.03. The molecule has 116 valence electrons. The number of allylic oxidation sites excluding steroid dienone is 1. The molecule has 0 amide bonds. The van der Waals surface area contributed by atoms with Gasteiger partial charge in [-0.05, 0) is 52.2 Å². The molecular formula is C21H16N2S. The van der Waals surface area contributed by atoms with Crippen LogP contribution in [0.15, 0.2) is 75.2 Å². The maximum absolute atomic E-state index is 4.68. The number of nitrogens with zero attached hydrogens (tertiary/aromatic N) is 2. The minimum absolute atomic E-state index is 0.151. The Labute approximate surface area is 145 Å². The third-order valence-corrected chi connectivity index (χ3v) is 6.16. The van der Waals surface area contributed by atoms with Gasteiger partial charge in [0, 0.05) is 17.3 Å². The fourth-order valence-corrected chi connectivity index (χ4v) is 4.90. The Bertz CT molecular complexity index is 1060. The van der Waals surface area contributed by atoms with Crippen LogP contribution in [0.5, 0.6) is 0 Å². The van der Waals surface area contributed by atoms with Crippen molar-refractivity contribution < 1.29 is 0 Å². The number of aliphatic imine (C=N–C) groups is 2. The molecule has 0 N–H and O–H groups in total. The summed E-state index contributed by atoms with van der Waals surface area (Å²) < 4.78 is 0. The van der Waals surface area contributed by atoms with Gasteiger partial charge >= 0.3 is 0 Å². The smallest absolute Gasteiger partial charge is 0.109 e. The zero-order valence-corrected chi connectivity index (χ0v) is 14.1. The summed E-state index contributed by atoms with van der Waals surface area (Å²) in [5.41, 5.74) is 2.46. The lowest BCUT2D eigenvalue weighted by atomic mass is 9.97. The van der Waals surface area contributed by atoms with E-state index in [-0.39, 0.29) is 6.04 Å². The highest BCUT2D eigenvalue weighted by Gasteiger charge is 2.35. The fourth-order valence-electron chi connectivity index (χ4n) is 3.61. The second-order valence-electron chi connectivity index (χ2n) is 6.31. The summed E-state index contributed by atoms with van der Waals surface area (Å²) in [7, 11) is 0. The molecular weight excluding hydrogens is 312 g/mol. The summed E-state index contributed by atoms with van der Waals surface area (Å²) >= 11 is 1.89. The van der Waals surface area contributed by atoms with Crippen molar-refractivity contribution in [1.82, 2.24) is 0 Å². The van der Waals surface area contributed by atoms with Gasteiger partial charge in [-0.15, -0.1) is 11.8 Å². The van der Waals surface area contributed by atoms with E-state index < -0.39 is 0 Å². The summed E-state index contributed by atoms with van der Waals surface area (Å²) in [6, 6.07) is 20.1. The average Bonchev–Trinajstić information content (AvgIpc) is 2.97. The van der Waals surface area contributed by atoms with Gasteiger partial charge in [-0.3, -0.25) is 9.98 Å². The minimum atomic E-state index is 0.151. The minimum Gasteiger partial charge on any atom is -0.280 e. The first-order chi connectivity index (χ1) is 11.8. The molecule has 0 aliphatic carbocycles. The average molecular weight is 328 g/mol. The highest BCUT2D eigenvalue weighted by molar-refractivity contribution is 8.03. The summed E-state index contributed by atoms with van der Waals surface area (Å²) in [6.45, 7) is 2.15. The van der Waals surface area contributed by atoms with Crippen LogP contribution in [0.25, 0.3) is 21.5 Å². The Morgan fingerprint density at radius 1 is 0.833 bits per heavy atom. The normalized spacial score (nSPS) is 22.5. The molecule has 2 aliphatic heterocycles. The van der Waals surface area contributed by atoms with E-state index in [0.717, 1.165) is 5.70 Å². The highest BCUT2D eigenvalue weighted by atomic mass is 32.2. The van der Waals surface area contributed by atoms with E-state index in [1.165, 1.54) is 32.0 Å². The molecule has 2 aliphatic rings. The molecule has 0 radical (unpaired) electrons. The zero-order valence-electron chi connectivity index (χ0n) is 13.3. The predicted molar refractivity (Wildman–Crippen MR) is 105 cm³/mol. The van der Waals surface area contributed by atoms with Gasteiger partial charge in [0.2, 0.25) is 0 Å². The number of hydrogen-bond donors (Lipinski definition) is 0. The highest BCUT2D eigenvalue weighted by Crippen LogP contribution is 2.50. The Morgan fingerprint density at radius 3 is 2.42 bits per heavy atom. The lowest BCUT2D eigenvalue weighted by Crippen LogP contribution is -2.15. The van der Waals surface area contributed by atoms with Crippen LogP contribution in [-0.4, -0.2) is 18.5 Å². The molecule has 0 spiro atoms. The molecule has 24 heavy (non-hydrogen) atoms. The van der Waals surface area contributed by atoms with Crippen LogP contribution in [0.4, 0.5) is 0 Å². The molecule has 0 bridgehead atoms. The molecule has 0 aromatic heterocycles. The van der Waals surface area contributed by atoms with Gasteiger partial charge < -0.3 is 0 Å². The van der Waals surface area contributed by atoms with E-state index in [4.69, 9.17) is 0 Å². The Hall–Kier alpha value is -2.39. The van der Waals surface area contributed by atoms with Crippen molar-refractivity contribution in [3.05, 3.63) is 70.8 Å². The van der Waals surface area contributed by atoms with Crippen LogP contribution < -0.4 is 0 Å². The van der Waals surface area contributed by atoms with Crippen molar-refractivity contribution in [2.75, 3.05) is 0 Å². The third-order valence-electron chi connectivity index (χ3n) is 4.82. The maximum atomic E-state index is 4.68. The lowest BCUT2D eigenvalue weighted by molar-refractivity contribution is 0.756. The molecule has 3 aromatic carbocycles. The number of rotatable bonds is 1. The summed E-state index contributed by atoms with van der Waals surface area (Å²) in [4.78, 5) is 10.5. The lowest BCUT2D eigenvalue weighted by Gasteiger charge is -2.19. The number of benzene rings is 3. The van der Waals surface area contributed by atoms with Gasteiger partial charge in [0.15, 0.2) is 0 Å². The molecule has 0 fully saturated rings. The number of thioether (sulfide) groups is 1. The summed E-state index contributed by atoms with van der Waals surface area (Å²) in [5.74, 6) is 0. The van der Waals surface area contributed by atoms with Gasteiger partial charge in [0.1, 0.15) is 6.04 Å². The van der Waals surface area contributed by atoms with Crippen molar-refractivity contribution >= 4 is 45.7 Å². The molecule has 0 saturated carbocycles. The summed E-state index contributed by atoms with van der Waals surface area (Å²) in [5, 5.41) is 5.48. The van der Waals surface area contributed by atoms with Crippen LogP contribution >= 0.6 is 11.8 Å². The molecule has 2 atom stereocenters.